The molecule has 1 atom stereocenters. The Bertz CT molecular complexity index is 983. The molecule has 0 radical (unpaired) electrons. The zero-order valence-electron chi connectivity index (χ0n) is 14.4. The van der Waals surface area contributed by atoms with Crippen LogP contribution in [0.1, 0.15) is 23.6 Å². The largest absolute Gasteiger partial charge is 0.341 e. The van der Waals surface area contributed by atoms with Gasteiger partial charge in [-0.25, -0.2) is 23.6 Å². The van der Waals surface area contributed by atoms with E-state index in [9.17, 15) is 13.6 Å². The molecular formula is C19H14Cl2F2N4O. The summed E-state index contributed by atoms with van der Waals surface area (Å²) in [5, 5.41) is 5.96. The number of amides is 2. The Morgan fingerprint density at radius 2 is 1.86 bits per heavy atom. The second kappa shape index (κ2) is 7.48. The van der Waals surface area contributed by atoms with Crippen LogP contribution in [0.2, 0.25) is 10.3 Å². The average molecular weight is 423 g/mol. The highest BCUT2D eigenvalue weighted by atomic mass is 35.5. The van der Waals surface area contributed by atoms with Crippen molar-refractivity contribution in [2.75, 3.05) is 13.1 Å². The Morgan fingerprint density at radius 3 is 2.54 bits per heavy atom. The number of hydrogen-bond acceptors (Lipinski definition) is 3. The van der Waals surface area contributed by atoms with Crippen LogP contribution < -0.4 is 0 Å². The highest BCUT2D eigenvalue weighted by Gasteiger charge is 2.35. The van der Waals surface area contributed by atoms with E-state index in [1.54, 1.807) is 23.2 Å². The standard InChI is InChI=1S/C19H14Cl2F2N4O/c20-17-2-1-12(18(21)25-17)5-11-9-26(10-11)19(28)27-16(3-4-24-27)13-6-14(22)8-15(23)7-13/h1-2,4-8,16H,3,9-10H2/t16-/m0/s1. The third-order valence-electron chi connectivity index (χ3n) is 4.56. The van der Waals surface area contributed by atoms with Crippen molar-refractivity contribution < 1.29 is 13.6 Å². The number of rotatable bonds is 2. The van der Waals surface area contributed by atoms with Crippen molar-refractivity contribution in [2.24, 2.45) is 5.10 Å². The summed E-state index contributed by atoms with van der Waals surface area (Å²) in [7, 11) is 0. The maximum Gasteiger partial charge on any atom is 0.341 e. The van der Waals surface area contributed by atoms with E-state index in [2.05, 4.69) is 10.1 Å². The zero-order valence-corrected chi connectivity index (χ0v) is 16.0. The number of hydrogen-bond donors (Lipinski definition) is 0. The Balaban J connectivity index is 1.45. The molecule has 9 heteroatoms. The molecule has 2 amide bonds. The fourth-order valence-corrected chi connectivity index (χ4v) is 3.61. The van der Waals surface area contributed by atoms with Gasteiger partial charge in [0.15, 0.2) is 0 Å². The van der Waals surface area contributed by atoms with E-state index in [0.717, 1.165) is 17.2 Å². The first-order chi connectivity index (χ1) is 13.4. The van der Waals surface area contributed by atoms with Gasteiger partial charge in [-0.3, -0.25) is 0 Å². The summed E-state index contributed by atoms with van der Waals surface area (Å²) in [5.41, 5.74) is 2.09. The summed E-state index contributed by atoms with van der Waals surface area (Å²) in [6.07, 6.45) is 3.83. The van der Waals surface area contributed by atoms with Gasteiger partial charge in [0.05, 0.1) is 6.04 Å². The van der Waals surface area contributed by atoms with Crippen LogP contribution in [0.25, 0.3) is 6.08 Å². The molecule has 2 aliphatic rings. The van der Waals surface area contributed by atoms with E-state index in [4.69, 9.17) is 23.2 Å². The van der Waals surface area contributed by atoms with Crippen LogP contribution in [0.15, 0.2) is 41.0 Å². The van der Waals surface area contributed by atoms with Crippen molar-refractivity contribution in [3.63, 3.8) is 0 Å². The van der Waals surface area contributed by atoms with Gasteiger partial charge in [0, 0.05) is 37.4 Å². The van der Waals surface area contributed by atoms with E-state index in [1.807, 2.05) is 6.08 Å². The number of carbonyl (C=O) groups excluding carboxylic acids is 1. The molecule has 1 aromatic heterocycles. The lowest BCUT2D eigenvalue weighted by Crippen LogP contribution is -2.49. The highest BCUT2D eigenvalue weighted by Crippen LogP contribution is 2.32. The van der Waals surface area contributed by atoms with E-state index in [0.29, 0.717) is 35.4 Å². The summed E-state index contributed by atoms with van der Waals surface area (Å²) in [4.78, 5) is 18.3. The molecule has 0 aliphatic carbocycles. The third-order valence-corrected chi connectivity index (χ3v) is 5.07. The molecular weight excluding hydrogens is 409 g/mol. The maximum absolute atomic E-state index is 13.5. The monoisotopic (exact) mass is 422 g/mol. The maximum atomic E-state index is 13.5. The lowest BCUT2D eigenvalue weighted by atomic mass is 10.0. The summed E-state index contributed by atoms with van der Waals surface area (Å²) < 4.78 is 27.1. The number of urea groups is 1. The Kier molecular flexibility index (Phi) is 5.03. The van der Waals surface area contributed by atoms with Gasteiger partial charge in [-0.1, -0.05) is 23.2 Å². The first-order valence-electron chi connectivity index (χ1n) is 8.49. The number of benzene rings is 1. The lowest BCUT2D eigenvalue weighted by molar-refractivity contribution is 0.136. The number of halogens is 4. The molecule has 0 bridgehead atoms. The Morgan fingerprint density at radius 1 is 1.14 bits per heavy atom. The van der Waals surface area contributed by atoms with Gasteiger partial charge in [-0.15, -0.1) is 0 Å². The number of likely N-dealkylation sites (tertiary alicyclic amines) is 1. The van der Waals surface area contributed by atoms with E-state index in [1.165, 1.54) is 17.1 Å². The second-order valence-electron chi connectivity index (χ2n) is 6.55. The van der Waals surface area contributed by atoms with Crippen molar-refractivity contribution in [1.82, 2.24) is 14.9 Å². The van der Waals surface area contributed by atoms with Crippen LogP contribution in [0.3, 0.4) is 0 Å². The number of nitrogens with zero attached hydrogens (tertiary/aromatic N) is 4. The number of pyridine rings is 1. The van der Waals surface area contributed by atoms with Gasteiger partial charge in [0.2, 0.25) is 0 Å². The van der Waals surface area contributed by atoms with Crippen molar-refractivity contribution in [1.29, 1.82) is 0 Å². The molecule has 1 saturated heterocycles. The molecule has 2 aromatic rings. The molecule has 0 spiro atoms. The summed E-state index contributed by atoms with van der Waals surface area (Å²) in [6.45, 7) is 0.822. The van der Waals surface area contributed by atoms with E-state index >= 15 is 0 Å². The van der Waals surface area contributed by atoms with E-state index in [-0.39, 0.29) is 6.03 Å². The molecule has 0 unspecified atom stereocenters. The summed E-state index contributed by atoms with van der Waals surface area (Å²) >= 11 is 11.8. The SMILES string of the molecule is O=C(N1CC(=Cc2ccc(Cl)nc2Cl)C1)N1N=CC[C@H]1c1cc(F)cc(F)c1. The molecule has 1 aromatic carbocycles. The number of hydrazone groups is 1. The lowest BCUT2D eigenvalue weighted by Gasteiger charge is -2.37. The van der Waals surface area contributed by atoms with Crippen LogP contribution >= 0.6 is 23.2 Å². The molecule has 1 fully saturated rings. The normalized spacial score (nSPS) is 18.4. The predicted molar refractivity (Wildman–Crippen MR) is 103 cm³/mol. The molecule has 4 rings (SSSR count). The minimum absolute atomic E-state index is 0.294. The van der Waals surface area contributed by atoms with Crippen LogP contribution in [0, 0.1) is 11.6 Å². The van der Waals surface area contributed by atoms with Crippen LogP contribution in [0.5, 0.6) is 0 Å². The highest BCUT2D eigenvalue weighted by molar-refractivity contribution is 6.33. The van der Waals surface area contributed by atoms with Gasteiger partial charge in [0.25, 0.3) is 0 Å². The van der Waals surface area contributed by atoms with Crippen molar-refractivity contribution in [3.8, 4) is 0 Å². The Labute approximate surface area is 169 Å². The molecule has 2 aliphatic heterocycles. The smallest absolute Gasteiger partial charge is 0.315 e. The molecule has 3 heterocycles. The van der Waals surface area contributed by atoms with Gasteiger partial charge in [0.1, 0.15) is 21.9 Å². The number of aromatic nitrogens is 1. The van der Waals surface area contributed by atoms with Gasteiger partial charge < -0.3 is 4.90 Å². The summed E-state index contributed by atoms with van der Waals surface area (Å²) in [6, 6.07) is 5.80. The fourth-order valence-electron chi connectivity index (χ4n) is 3.21. The topological polar surface area (TPSA) is 48.8 Å². The predicted octanol–water partition coefficient (Wildman–Crippen LogP) is 4.92. The average Bonchev–Trinajstić information content (AvgIpc) is 3.07. The van der Waals surface area contributed by atoms with Crippen molar-refractivity contribution in [3.05, 3.63) is 69.0 Å². The molecule has 0 saturated carbocycles. The van der Waals surface area contributed by atoms with Gasteiger partial charge in [-0.05, 0) is 41.5 Å². The van der Waals surface area contributed by atoms with Crippen molar-refractivity contribution in [2.45, 2.75) is 12.5 Å². The van der Waals surface area contributed by atoms with Crippen molar-refractivity contribution >= 4 is 41.5 Å². The fraction of sp³-hybridized carbons (Fsp3) is 0.211. The first-order valence-corrected chi connectivity index (χ1v) is 9.24. The minimum Gasteiger partial charge on any atom is -0.315 e. The molecule has 144 valence electrons. The van der Waals surface area contributed by atoms with E-state index < -0.39 is 17.7 Å². The second-order valence-corrected chi connectivity index (χ2v) is 7.30. The van der Waals surface area contributed by atoms with Crippen LogP contribution in [-0.4, -0.2) is 40.2 Å². The minimum atomic E-state index is -0.683. The third kappa shape index (κ3) is 3.72. The summed E-state index contributed by atoms with van der Waals surface area (Å²) in [5.74, 6) is -1.37. The zero-order chi connectivity index (χ0) is 19.8. The Hall–Kier alpha value is -2.51. The number of carbonyl (C=O) groups is 1. The molecule has 0 N–H and O–H groups in total. The van der Waals surface area contributed by atoms with Crippen LogP contribution in [0.4, 0.5) is 13.6 Å². The first kappa shape index (κ1) is 18.8. The molecule has 5 nitrogen and oxygen atoms in total. The van der Waals surface area contributed by atoms with Crippen LogP contribution in [-0.2, 0) is 0 Å². The molecule has 28 heavy (non-hydrogen) atoms. The quantitative estimate of drug-likeness (QED) is 0.644. The van der Waals surface area contributed by atoms with Gasteiger partial charge in [-0.2, -0.15) is 5.10 Å². The van der Waals surface area contributed by atoms with Gasteiger partial charge >= 0.3 is 6.03 Å².